The summed E-state index contributed by atoms with van der Waals surface area (Å²) in [7, 11) is 2.01. The molecule has 1 saturated carbocycles. The van der Waals surface area contributed by atoms with Crippen molar-refractivity contribution in [1.29, 1.82) is 5.26 Å². The molecular formula is C30H32FN7OS. The number of piperidine rings is 1. The molecule has 0 bridgehead atoms. The summed E-state index contributed by atoms with van der Waals surface area (Å²) >= 11 is 1.35. The summed E-state index contributed by atoms with van der Waals surface area (Å²) < 4.78 is 15.6. The predicted molar refractivity (Wildman–Crippen MR) is 155 cm³/mol. The highest BCUT2D eigenvalue weighted by atomic mass is 32.1. The monoisotopic (exact) mass is 557 g/mol. The fourth-order valence-electron chi connectivity index (χ4n) is 6.16. The molecule has 2 saturated heterocycles. The van der Waals surface area contributed by atoms with Gasteiger partial charge in [0.25, 0.3) is 0 Å². The Morgan fingerprint density at radius 3 is 2.48 bits per heavy atom. The molecule has 2 aliphatic heterocycles. The number of thiazole rings is 1. The maximum absolute atomic E-state index is 13.6. The highest BCUT2D eigenvalue weighted by Gasteiger charge is 2.35. The molecule has 40 heavy (non-hydrogen) atoms. The summed E-state index contributed by atoms with van der Waals surface area (Å²) in [5.74, 6) is 0.111. The lowest BCUT2D eigenvalue weighted by Crippen LogP contribution is -2.57. The zero-order chi connectivity index (χ0) is 27.5. The van der Waals surface area contributed by atoms with E-state index in [1.807, 2.05) is 7.05 Å². The minimum Gasteiger partial charge on any atom is -0.390 e. The van der Waals surface area contributed by atoms with E-state index >= 15 is 0 Å². The van der Waals surface area contributed by atoms with Gasteiger partial charge in [-0.1, -0.05) is 11.3 Å². The van der Waals surface area contributed by atoms with Crippen LogP contribution in [-0.2, 0) is 0 Å². The summed E-state index contributed by atoms with van der Waals surface area (Å²) in [6.45, 7) is 5.69. The van der Waals surface area contributed by atoms with Crippen molar-refractivity contribution in [1.82, 2.24) is 19.5 Å². The third-order valence-electron chi connectivity index (χ3n) is 8.55. The van der Waals surface area contributed by atoms with Crippen LogP contribution in [-0.4, -0.2) is 70.0 Å². The summed E-state index contributed by atoms with van der Waals surface area (Å²) in [5.41, 5.74) is 6.76. The number of rotatable bonds is 6. The fraction of sp³-hybridized carbons (Fsp3) is 0.433. The van der Waals surface area contributed by atoms with Crippen molar-refractivity contribution in [3.8, 4) is 17.3 Å². The molecule has 1 aromatic carbocycles. The molecule has 0 unspecified atom stereocenters. The average Bonchev–Trinajstić information content (AvgIpc) is 3.58. The molecule has 4 aromatic rings. The molecule has 10 heteroatoms. The Morgan fingerprint density at radius 2 is 1.82 bits per heavy atom. The smallest absolute Gasteiger partial charge is 0.191 e. The standard InChI is InChI=1S/C30H32FN7OS/c1-18-13-23(36-11-9-22(10-12-36)37-16-24(39)17-37)14-25-29(28(20-3-4-20)34-38(18)25)35(2)30-33-27(26(15-32)40-30)19-5-7-21(31)8-6-19/h5-8,13-14,20,22,24,39H,3-4,9-12,16-17H2,1-2H3. The Morgan fingerprint density at radius 1 is 1.10 bits per heavy atom. The van der Waals surface area contributed by atoms with Gasteiger partial charge in [0.1, 0.15) is 22.5 Å². The number of fused-ring (bicyclic) bond motifs is 1. The van der Waals surface area contributed by atoms with Gasteiger partial charge in [-0.15, -0.1) is 0 Å². The quantitative estimate of drug-likeness (QED) is 0.355. The molecular weight excluding hydrogens is 525 g/mol. The second kappa shape index (κ2) is 9.84. The number of nitriles is 1. The lowest BCUT2D eigenvalue weighted by molar-refractivity contribution is -0.0300. The minimum atomic E-state index is -0.315. The van der Waals surface area contributed by atoms with E-state index in [1.165, 1.54) is 29.2 Å². The highest BCUT2D eigenvalue weighted by molar-refractivity contribution is 7.16. The van der Waals surface area contributed by atoms with Gasteiger partial charge in [0.15, 0.2) is 5.13 Å². The number of aliphatic hydroxyl groups excluding tert-OH is 1. The molecule has 3 fully saturated rings. The number of nitrogens with zero attached hydrogens (tertiary/aromatic N) is 7. The van der Waals surface area contributed by atoms with Crippen molar-refractivity contribution >= 4 is 33.4 Å². The lowest BCUT2D eigenvalue weighted by atomic mass is 9.98. The van der Waals surface area contributed by atoms with E-state index in [9.17, 15) is 14.8 Å². The van der Waals surface area contributed by atoms with E-state index in [4.69, 9.17) is 10.1 Å². The third kappa shape index (κ3) is 4.42. The van der Waals surface area contributed by atoms with Gasteiger partial charge in [-0.05, 0) is 69.0 Å². The molecule has 3 aromatic heterocycles. The molecule has 0 radical (unpaired) electrons. The number of aliphatic hydroxyl groups is 1. The Hall–Kier alpha value is -3.52. The van der Waals surface area contributed by atoms with Crippen molar-refractivity contribution in [2.24, 2.45) is 0 Å². The van der Waals surface area contributed by atoms with E-state index in [1.54, 1.807) is 12.1 Å². The maximum atomic E-state index is 13.6. The van der Waals surface area contributed by atoms with Crippen LogP contribution in [0.3, 0.4) is 0 Å². The van der Waals surface area contributed by atoms with Gasteiger partial charge < -0.3 is 14.9 Å². The molecule has 206 valence electrons. The number of likely N-dealkylation sites (tertiary alicyclic amines) is 1. The predicted octanol–water partition coefficient (Wildman–Crippen LogP) is 5.07. The highest BCUT2D eigenvalue weighted by Crippen LogP contribution is 2.48. The normalized spacial score (nSPS) is 18.7. The van der Waals surface area contributed by atoms with Gasteiger partial charge in [0, 0.05) is 62.1 Å². The molecule has 7 rings (SSSR count). The minimum absolute atomic E-state index is 0.158. The van der Waals surface area contributed by atoms with Gasteiger partial charge in [-0.3, -0.25) is 4.90 Å². The summed E-state index contributed by atoms with van der Waals surface area (Å²) in [5, 5.41) is 25.4. The van der Waals surface area contributed by atoms with Gasteiger partial charge in [-0.25, -0.2) is 13.9 Å². The maximum Gasteiger partial charge on any atom is 0.191 e. The topological polar surface area (TPSA) is 83.9 Å². The average molecular weight is 558 g/mol. The molecule has 5 heterocycles. The van der Waals surface area contributed by atoms with Crippen LogP contribution in [0.25, 0.3) is 16.8 Å². The van der Waals surface area contributed by atoms with E-state index in [0.29, 0.717) is 27.7 Å². The van der Waals surface area contributed by atoms with Crippen LogP contribution < -0.4 is 9.80 Å². The third-order valence-corrected chi connectivity index (χ3v) is 9.59. The number of anilines is 3. The van der Waals surface area contributed by atoms with Crippen LogP contribution in [0.1, 0.15) is 47.9 Å². The van der Waals surface area contributed by atoms with Gasteiger partial charge >= 0.3 is 0 Å². The molecule has 0 atom stereocenters. The van der Waals surface area contributed by atoms with Crippen LogP contribution in [0.15, 0.2) is 36.4 Å². The zero-order valence-electron chi connectivity index (χ0n) is 22.7. The van der Waals surface area contributed by atoms with E-state index in [0.717, 1.165) is 80.0 Å². The summed E-state index contributed by atoms with van der Waals surface area (Å²) in [6, 6.07) is 13.5. The first-order valence-electron chi connectivity index (χ1n) is 14.0. The van der Waals surface area contributed by atoms with Crippen LogP contribution in [0, 0.1) is 24.1 Å². The molecule has 0 spiro atoms. The fourth-order valence-corrected chi connectivity index (χ4v) is 7.01. The molecule has 0 amide bonds. The number of aromatic nitrogens is 3. The first-order valence-corrected chi connectivity index (χ1v) is 14.8. The number of hydrogen-bond acceptors (Lipinski definition) is 8. The van der Waals surface area contributed by atoms with Gasteiger partial charge in [-0.2, -0.15) is 10.4 Å². The number of aryl methyl sites for hydroxylation is 1. The van der Waals surface area contributed by atoms with Crippen molar-refractivity contribution in [3.05, 3.63) is 58.5 Å². The number of β-amino-alcohol motifs (C(OH)–C–C–N with tert-alkyl or cyclic N) is 1. The lowest BCUT2D eigenvalue weighted by Gasteiger charge is -2.45. The van der Waals surface area contributed by atoms with E-state index in [-0.39, 0.29) is 11.9 Å². The Balaban J connectivity index is 1.24. The van der Waals surface area contributed by atoms with Crippen LogP contribution in [0.5, 0.6) is 0 Å². The van der Waals surface area contributed by atoms with E-state index < -0.39 is 0 Å². The van der Waals surface area contributed by atoms with Crippen LogP contribution >= 0.6 is 11.3 Å². The SMILES string of the molecule is Cc1cc(N2CCC(N3CC(O)C3)CC2)cc2c(N(C)c3nc(-c4ccc(F)cc4)c(C#N)s3)c(C3CC3)nn12. The van der Waals surface area contributed by atoms with Gasteiger partial charge in [0.2, 0.25) is 0 Å². The van der Waals surface area contributed by atoms with Crippen molar-refractivity contribution in [3.63, 3.8) is 0 Å². The van der Waals surface area contributed by atoms with Gasteiger partial charge in [0.05, 0.1) is 23.0 Å². The number of hydrogen-bond donors (Lipinski definition) is 1. The largest absolute Gasteiger partial charge is 0.390 e. The Labute approximate surface area is 236 Å². The second-order valence-electron chi connectivity index (χ2n) is 11.3. The number of pyridine rings is 1. The summed E-state index contributed by atoms with van der Waals surface area (Å²) in [6.07, 6.45) is 4.28. The van der Waals surface area contributed by atoms with E-state index in [2.05, 4.69) is 44.3 Å². The Bertz CT molecular complexity index is 1610. The second-order valence-corrected chi connectivity index (χ2v) is 12.3. The summed E-state index contributed by atoms with van der Waals surface area (Å²) in [4.78, 5) is 12.3. The molecule has 3 aliphatic rings. The van der Waals surface area contributed by atoms with Crippen molar-refractivity contribution in [2.45, 2.75) is 50.7 Å². The Kier molecular flexibility index (Phi) is 6.26. The zero-order valence-corrected chi connectivity index (χ0v) is 23.5. The molecule has 1 aliphatic carbocycles. The van der Waals surface area contributed by atoms with Crippen LogP contribution in [0.2, 0.25) is 0 Å². The molecule has 8 nitrogen and oxygen atoms in total. The first kappa shape index (κ1) is 25.4. The first-order chi connectivity index (χ1) is 19.4. The number of benzene rings is 1. The van der Waals surface area contributed by atoms with Crippen molar-refractivity contribution in [2.75, 3.05) is 43.0 Å². The number of halogens is 1. The molecule has 1 N–H and O–H groups in total. The van der Waals surface area contributed by atoms with Crippen LogP contribution in [0.4, 0.5) is 20.9 Å². The van der Waals surface area contributed by atoms with Crippen molar-refractivity contribution < 1.29 is 9.50 Å².